The average molecular weight is 212 g/mol. The Kier molecular flexibility index (Phi) is 3.25. The zero-order chi connectivity index (χ0) is 10.7. The van der Waals surface area contributed by atoms with Crippen molar-refractivity contribution in [2.75, 3.05) is 11.9 Å². The first-order valence-electron chi connectivity index (χ1n) is 4.06. The molecule has 1 aromatic rings. The van der Waals surface area contributed by atoms with Gasteiger partial charge in [-0.15, -0.1) is 0 Å². The summed E-state index contributed by atoms with van der Waals surface area (Å²) in [5.74, 6) is -0.0934. The van der Waals surface area contributed by atoms with Crippen molar-refractivity contribution in [2.24, 2.45) is 0 Å². The summed E-state index contributed by atoms with van der Waals surface area (Å²) in [4.78, 5) is 23.3. The number of carbonyl (C=O) groups is 2. The molecule has 74 valence electrons. The van der Waals surface area contributed by atoms with Crippen LogP contribution in [-0.2, 0) is 4.79 Å². The Labute approximate surface area is 87.3 Å². The SMILES string of the molecule is CC(=O)N(C)c1cccc(C(=O)Cl)c1. The molecule has 0 bridgehead atoms. The van der Waals surface area contributed by atoms with E-state index in [1.165, 1.54) is 11.8 Å². The van der Waals surface area contributed by atoms with E-state index in [9.17, 15) is 9.59 Å². The third kappa shape index (κ3) is 2.33. The van der Waals surface area contributed by atoms with E-state index in [1.54, 1.807) is 31.3 Å². The van der Waals surface area contributed by atoms with E-state index < -0.39 is 5.24 Å². The largest absolute Gasteiger partial charge is 0.316 e. The highest BCUT2D eigenvalue weighted by Crippen LogP contribution is 2.16. The van der Waals surface area contributed by atoms with Gasteiger partial charge in [0.2, 0.25) is 5.91 Å². The van der Waals surface area contributed by atoms with Crippen molar-refractivity contribution in [1.82, 2.24) is 0 Å². The van der Waals surface area contributed by atoms with Crippen molar-refractivity contribution in [3.8, 4) is 0 Å². The number of hydrogen-bond donors (Lipinski definition) is 0. The molecule has 0 aliphatic heterocycles. The molecule has 0 fully saturated rings. The second-order valence-corrected chi connectivity index (χ2v) is 3.25. The van der Waals surface area contributed by atoms with Crippen LogP contribution in [0, 0.1) is 0 Å². The minimum Gasteiger partial charge on any atom is -0.316 e. The molecular formula is C10H10ClNO2. The summed E-state index contributed by atoms with van der Waals surface area (Å²) in [7, 11) is 1.64. The molecule has 0 N–H and O–H groups in total. The van der Waals surface area contributed by atoms with Crippen LogP contribution in [0.1, 0.15) is 17.3 Å². The fraction of sp³-hybridized carbons (Fsp3) is 0.200. The van der Waals surface area contributed by atoms with Crippen molar-refractivity contribution in [1.29, 1.82) is 0 Å². The van der Waals surface area contributed by atoms with Crippen molar-refractivity contribution >= 4 is 28.4 Å². The van der Waals surface area contributed by atoms with Crippen molar-refractivity contribution in [3.63, 3.8) is 0 Å². The quantitative estimate of drug-likeness (QED) is 0.703. The van der Waals surface area contributed by atoms with E-state index in [0.29, 0.717) is 11.3 Å². The molecular weight excluding hydrogens is 202 g/mol. The normalized spacial score (nSPS) is 9.64. The van der Waals surface area contributed by atoms with Crippen LogP contribution >= 0.6 is 11.6 Å². The molecule has 1 rings (SSSR count). The fourth-order valence-electron chi connectivity index (χ4n) is 1.02. The van der Waals surface area contributed by atoms with Crippen molar-refractivity contribution in [2.45, 2.75) is 6.92 Å². The van der Waals surface area contributed by atoms with Gasteiger partial charge in [0.15, 0.2) is 0 Å². The predicted octanol–water partition coefficient (Wildman–Crippen LogP) is 2.05. The second kappa shape index (κ2) is 4.24. The third-order valence-electron chi connectivity index (χ3n) is 1.93. The molecule has 3 nitrogen and oxygen atoms in total. The van der Waals surface area contributed by atoms with E-state index in [1.807, 2.05) is 0 Å². The van der Waals surface area contributed by atoms with Crippen LogP contribution in [0.2, 0.25) is 0 Å². The zero-order valence-electron chi connectivity index (χ0n) is 7.95. The van der Waals surface area contributed by atoms with Gasteiger partial charge in [0.1, 0.15) is 0 Å². The molecule has 0 saturated carbocycles. The number of hydrogen-bond acceptors (Lipinski definition) is 2. The molecule has 0 aliphatic rings. The predicted molar refractivity (Wildman–Crippen MR) is 55.7 cm³/mol. The Balaban J connectivity index is 3.05. The van der Waals surface area contributed by atoms with Gasteiger partial charge >= 0.3 is 0 Å². The number of benzene rings is 1. The summed E-state index contributed by atoms with van der Waals surface area (Å²) in [5.41, 5.74) is 1.04. The van der Waals surface area contributed by atoms with Gasteiger partial charge in [-0.3, -0.25) is 9.59 Å². The summed E-state index contributed by atoms with van der Waals surface area (Å²) < 4.78 is 0. The molecule has 1 amide bonds. The summed E-state index contributed by atoms with van der Waals surface area (Å²) in [6.07, 6.45) is 0. The molecule has 0 spiro atoms. The highest BCUT2D eigenvalue weighted by molar-refractivity contribution is 6.67. The maximum absolute atomic E-state index is 11.0. The lowest BCUT2D eigenvalue weighted by atomic mass is 10.2. The number of nitrogens with zero attached hydrogens (tertiary/aromatic N) is 1. The van der Waals surface area contributed by atoms with Crippen LogP contribution in [0.5, 0.6) is 0 Å². The van der Waals surface area contributed by atoms with Gasteiger partial charge < -0.3 is 4.90 Å². The van der Waals surface area contributed by atoms with Crippen molar-refractivity contribution in [3.05, 3.63) is 29.8 Å². The zero-order valence-corrected chi connectivity index (χ0v) is 8.71. The number of carbonyl (C=O) groups excluding carboxylic acids is 2. The van der Waals surface area contributed by atoms with Gasteiger partial charge in [0.25, 0.3) is 5.24 Å². The first-order chi connectivity index (χ1) is 6.52. The Morgan fingerprint density at radius 2 is 2.00 bits per heavy atom. The van der Waals surface area contributed by atoms with Crippen LogP contribution in [0.4, 0.5) is 5.69 Å². The topological polar surface area (TPSA) is 37.4 Å². The Morgan fingerprint density at radius 1 is 1.36 bits per heavy atom. The van der Waals surface area contributed by atoms with Crippen LogP contribution in [0.15, 0.2) is 24.3 Å². The smallest absolute Gasteiger partial charge is 0.252 e. The standard InChI is InChI=1S/C10H10ClNO2/c1-7(13)12(2)9-5-3-4-8(6-9)10(11)14/h3-6H,1-2H3. The summed E-state index contributed by atoms with van der Waals surface area (Å²) in [6, 6.07) is 6.61. The van der Waals surface area contributed by atoms with Crippen LogP contribution in [-0.4, -0.2) is 18.2 Å². The minimum atomic E-state index is -0.524. The molecule has 4 heteroatoms. The van der Waals surface area contributed by atoms with Gasteiger partial charge in [-0.1, -0.05) is 6.07 Å². The van der Waals surface area contributed by atoms with Crippen LogP contribution < -0.4 is 4.90 Å². The van der Waals surface area contributed by atoms with Crippen LogP contribution in [0.3, 0.4) is 0 Å². The molecule has 0 saturated heterocycles. The van der Waals surface area contributed by atoms with Gasteiger partial charge in [0, 0.05) is 25.2 Å². The van der Waals surface area contributed by atoms with E-state index in [0.717, 1.165) is 0 Å². The van der Waals surface area contributed by atoms with E-state index in [2.05, 4.69) is 0 Å². The monoisotopic (exact) mass is 211 g/mol. The summed E-state index contributed by atoms with van der Waals surface area (Å²) in [5, 5.41) is -0.524. The maximum atomic E-state index is 11.0. The van der Waals surface area contributed by atoms with Gasteiger partial charge in [-0.2, -0.15) is 0 Å². The highest BCUT2D eigenvalue weighted by atomic mass is 35.5. The third-order valence-corrected chi connectivity index (χ3v) is 2.15. The molecule has 14 heavy (non-hydrogen) atoms. The molecule has 0 aromatic heterocycles. The first-order valence-corrected chi connectivity index (χ1v) is 4.44. The van der Waals surface area contributed by atoms with Gasteiger partial charge in [-0.05, 0) is 29.8 Å². The number of anilines is 1. The Morgan fingerprint density at radius 3 is 2.50 bits per heavy atom. The second-order valence-electron chi connectivity index (χ2n) is 2.90. The molecule has 0 unspecified atom stereocenters. The average Bonchev–Trinajstić information content (AvgIpc) is 2.16. The van der Waals surface area contributed by atoms with Crippen molar-refractivity contribution < 1.29 is 9.59 Å². The Bertz CT molecular complexity index is 376. The van der Waals surface area contributed by atoms with E-state index in [-0.39, 0.29) is 5.91 Å². The molecule has 0 atom stereocenters. The van der Waals surface area contributed by atoms with Gasteiger partial charge in [0.05, 0.1) is 0 Å². The molecule has 0 heterocycles. The fourth-order valence-corrected chi connectivity index (χ4v) is 1.14. The minimum absolute atomic E-state index is 0.0934. The first kappa shape index (κ1) is 10.7. The lowest BCUT2D eigenvalue weighted by molar-refractivity contribution is -0.116. The maximum Gasteiger partial charge on any atom is 0.252 e. The van der Waals surface area contributed by atoms with E-state index in [4.69, 9.17) is 11.6 Å². The lowest BCUT2D eigenvalue weighted by Gasteiger charge is -2.14. The number of amides is 1. The number of rotatable bonds is 2. The highest BCUT2D eigenvalue weighted by Gasteiger charge is 2.07. The number of halogens is 1. The van der Waals surface area contributed by atoms with Gasteiger partial charge in [-0.25, -0.2) is 0 Å². The molecule has 0 radical (unpaired) electrons. The molecule has 0 aliphatic carbocycles. The lowest BCUT2D eigenvalue weighted by Crippen LogP contribution is -2.22. The summed E-state index contributed by atoms with van der Waals surface area (Å²) >= 11 is 5.32. The van der Waals surface area contributed by atoms with E-state index >= 15 is 0 Å². The molecule has 1 aromatic carbocycles. The van der Waals surface area contributed by atoms with Crippen LogP contribution in [0.25, 0.3) is 0 Å². The Hall–Kier alpha value is -1.35. The summed E-state index contributed by atoms with van der Waals surface area (Å²) in [6.45, 7) is 1.45.